The second kappa shape index (κ2) is 5.79. The summed E-state index contributed by atoms with van der Waals surface area (Å²) in [4.78, 5) is 3.89. The monoisotopic (exact) mass is 310 g/mol. The van der Waals surface area contributed by atoms with Gasteiger partial charge in [-0.1, -0.05) is 0 Å². The Morgan fingerprint density at radius 2 is 2.00 bits per heavy atom. The predicted molar refractivity (Wildman–Crippen MR) is 76.8 cm³/mol. The molecule has 0 radical (unpaired) electrons. The molecule has 5 nitrogen and oxygen atoms in total. The fourth-order valence-electron chi connectivity index (χ4n) is 1.82. The van der Waals surface area contributed by atoms with E-state index in [1.54, 1.807) is 19.1 Å². The smallest absolute Gasteiger partial charge is 0.261 e. The lowest BCUT2D eigenvalue weighted by molar-refractivity contribution is 0.275. The molecule has 2 N–H and O–H groups in total. The van der Waals surface area contributed by atoms with E-state index in [9.17, 15) is 12.8 Å². The lowest BCUT2D eigenvalue weighted by atomic mass is 10.1. The molecule has 0 aliphatic heterocycles. The Morgan fingerprint density at radius 1 is 1.29 bits per heavy atom. The SMILES string of the molecule is Cc1ccc(NS(=O)(=O)c2cc(C)c(F)c(CO)c2)cn1. The third-order valence-electron chi connectivity index (χ3n) is 2.95. The lowest BCUT2D eigenvalue weighted by Crippen LogP contribution is -2.14. The average molecular weight is 310 g/mol. The molecule has 2 aromatic rings. The molecule has 1 aromatic heterocycles. The van der Waals surface area contributed by atoms with Crippen LogP contribution in [0.3, 0.4) is 0 Å². The summed E-state index contributed by atoms with van der Waals surface area (Å²) in [5, 5.41) is 9.09. The summed E-state index contributed by atoms with van der Waals surface area (Å²) >= 11 is 0. The second-order valence-corrected chi connectivity index (χ2v) is 6.35. The minimum Gasteiger partial charge on any atom is -0.392 e. The van der Waals surface area contributed by atoms with Crippen molar-refractivity contribution < 1.29 is 17.9 Å². The van der Waals surface area contributed by atoms with E-state index in [0.717, 1.165) is 11.8 Å². The molecule has 112 valence electrons. The summed E-state index contributed by atoms with van der Waals surface area (Å²) in [5.41, 5.74) is 1.17. The van der Waals surface area contributed by atoms with E-state index in [2.05, 4.69) is 9.71 Å². The van der Waals surface area contributed by atoms with Gasteiger partial charge in [-0.15, -0.1) is 0 Å². The number of aryl methyl sites for hydroxylation is 2. The number of rotatable bonds is 4. The molecule has 7 heteroatoms. The summed E-state index contributed by atoms with van der Waals surface area (Å²) in [7, 11) is -3.87. The Bertz CT molecular complexity index is 759. The van der Waals surface area contributed by atoms with Gasteiger partial charge in [0.25, 0.3) is 10.0 Å². The van der Waals surface area contributed by atoms with E-state index >= 15 is 0 Å². The largest absolute Gasteiger partial charge is 0.392 e. The van der Waals surface area contributed by atoms with Gasteiger partial charge in [0, 0.05) is 11.3 Å². The van der Waals surface area contributed by atoms with Crippen LogP contribution >= 0.6 is 0 Å². The second-order valence-electron chi connectivity index (χ2n) is 4.67. The zero-order chi connectivity index (χ0) is 15.6. The number of hydrogen-bond donors (Lipinski definition) is 2. The molecule has 21 heavy (non-hydrogen) atoms. The van der Waals surface area contributed by atoms with E-state index in [1.165, 1.54) is 19.2 Å². The molecule has 2 rings (SSSR count). The maximum absolute atomic E-state index is 13.7. The molecule has 1 heterocycles. The van der Waals surface area contributed by atoms with Crippen molar-refractivity contribution in [3.63, 3.8) is 0 Å². The number of anilines is 1. The summed E-state index contributed by atoms with van der Waals surface area (Å²) in [6, 6.07) is 5.60. The van der Waals surface area contributed by atoms with Crippen LogP contribution in [0.2, 0.25) is 0 Å². The van der Waals surface area contributed by atoms with Gasteiger partial charge in [0.2, 0.25) is 0 Å². The van der Waals surface area contributed by atoms with E-state index < -0.39 is 22.4 Å². The van der Waals surface area contributed by atoms with E-state index in [4.69, 9.17) is 5.11 Å². The fraction of sp³-hybridized carbons (Fsp3) is 0.214. The van der Waals surface area contributed by atoms with Crippen molar-refractivity contribution in [2.24, 2.45) is 0 Å². The van der Waals surface area contributed by atoms with Crippen LogP contribution < -0.4 is 4.72 Å². The third kappa shape index (κ3) is 3.37. The quantitative estimate of drug-likeness (QED) is 0.906. The van der Waals surface area contributed by atoms with Gasteiger partial charge >= 0.3 is 0 Å². The number of nitrogens with zero attached hydrogens (tertiary/aromatic N) is 1. The predicted octanol–water partition coefficient (Wildman–Crippen LogP) is 2.13. The molecule has 0 aliphatic carbocycles. The number of nitrogens with one attached hydrogen (secondary N) is 1. The van der Waals surface area contributed by atoms with E-state index in [-0.39, 0.29) is 16.0 Å². The number of benzene rings is 1. The van der Waals surface area contributed by atoms with Crippen LogP contribution in [-0.2, 0) is 16.6 Å². The molecule has 0 bridgehead atoms. The van der Waals surface area contributed by atoms with Crippen LogP contribution in [0.15, 0.2) is 35.4 Å². The Kier molecular flexibility index (Phi) is 4.24. The minimum absolute atomic E-state index is 0.0580. The number of halogens is 1. The Hall–Kier alpha value is -1.99. The Morgan fingerprint density at radius 3 is 2.57 bits per heavy atom. The van der Waals surface area contributed by atoms with Gasteiger partial charge in [-0.2, -0.15) is 0 Å². The van der Waals surface area contributed by atoms with Gasteiger partial charge in [0.15, 0.2) is 0 Å². The normalized spacial score (nSPS) is 11.4. The number of aliphatic hydroxyl groups excluding tert-OH is 1. The average Bonchev–Trinajstić information content (AvgIpc) is 2.44. The van der Waals surface area contributed by atoms with Crippen molar-refractivity contribution in [1.82, 2.24) is 4.98 Å². The standard InChI is InChI=1S/C14H15FN2O3S/c1-9-5-13(6-11(8-18)14(9)15)21(19,20)17-12-4-3-10(2)16-7-12/h3-7,17-18H,8H2,1-2H3. The van der Waals surface area contributed by atoms with Crippen LogP contribution in [0.25, 0.3) is 0 Å². The summed E-state index contributed by atoms with van der Waals surface area (Å²) in [6.07, 6.45) is 1.40. The van der Waals surface area contributed by atoms with Crippen molar-refractivity contribution in [2.45, 2.75) is 25.3 Å². The first-order valence-corrected chi connectivity index (χ1v) is 7.67. The van der Waals surface area contributed by atoms with Crippen LogP contribution in [0.1, 0.15) is 16.8 Å². The molecule has 0 spiro atoms. The van der Waals surface area contributed by atoms with Gasteiger partial charge in [0.05, 0.1) is 23.4 Å². The zero-order valence-corrected chi connectivity index (χ0v) is 12.4. The highest BCUT2D eigenvalue weighted by molar-refractivity contribution is 7.92. The Balaban J connectivity index is 2.40. The molecular formula is C14H15FN2O3S. The molecule has 1 aromatic carbocycles. The summed E-state index contributed by atoms with van der Waals surface area (Å²) in [6.45, 7) is 2.66. The van der Waals surface area contributed by atoms with Crippen molar-refractivity contribution in [1.29, 1.82) is 0 Å². The number of hydrogen-bond acceptors (Lipinski definition) is 4. The zero-order valence-electron chi connectivity index (χ0n) is 11.6. The molecule has 0 amide bonds. The molecule has 0 unspecified atom stereocenters. The maximum atomic E-state index is 13.7. The third-order valence-corrected chi connectivity index (χ3v) is 4.31. The first kappa shape index (κ1) is 15.4. The molecule has 0 aliphatic rings. The number of aromatic nitrogens is 1. The molecule has 0 saturated carbocycles. The fourth-order valence-corrected chi connectivity index (χ4v) is 3.00. The van der Waals surface area contributed by atoms with E-state index in [0.29, 0.717) is 5.69 Å². The highest BCUT2D eigenvalue weighted by Crippen LogP contribution is 2.21. The van der Waals surface area contributed by atoms with Gasteiger partial charge in [-0.3, -0.25) is 9.71 Å². The van der Waals surface area contributed by atoms with Crippen molar-refractivity contribution >= 4 is 15.7 Å². The van der Waals surface area contributed by atoms with Gasteiger partial charge in [-0.25, -0.2) is 12.8 Å². The van der Waals surface area contributed by atoms with Crippen molar-refractivity contribution in [2.75, 3.05) is 4.72 Å². The van der Waals surface area contributed by atoms with Crippen LogP contribution in [0, 0.1) is 19.7 Å². The molecule has 0 saturated heterocycles. The van der Waals surface area contributed by atoms with Crippen LogP contribution in [0.4, 0.5) is 10.1 Å². The topological polar surface area (TPSA) is 79.3 Å². The molecule has 0 fully saturated rings. The maximum Gasteiger partial charge on any atom is 0.261 e. The highest BCUT2D eigenvalue weighted by atomic mass is 32.2. The van der Waals surface area contributed by atoms with Gasteiger partial charge in [-0.05, 0) is 43.7 Å². The first-order chi connectivity index (χ1) is 9.83. The van der Waals surface area contributed by atoms with Crippen LogP contribution in [-0.4, -0.2) is 18.5 Å². The van der Waals surface area contributed by atoms with Crippen molar-refractivity contribution in [3.8, 4) is 0 Å². The number of pyridine rings is 1. The first-order valence-electron chi connectivity index (χ1n) is 6.19. The van der Waals surface area contributed by atoms with Gasteiger partial charge in [0.1, 0.15) is 5.82 Å². The summed E-state index contributed by atoms with van der Waals surface area (Å²) in [5.74, 6) is -0.603. The molecule has 0 atom stereocenters. The molecular weight excluding hydrogens is 295 g/mol. The highest BCUT2D eigenvalue weighted by Gasteiger charge is 2.18. The van der Waals surface area contributed by atoms with Crippen LogP contribution in [0.5, 0.6) is 0 Å². The van der Waals surface area contributed by atoms with Crippen molar-refractivity contribution in [3.05, 3.63) is 53.1 Å². The minimum atomic E-state index is -3.87. The summed E-state index contributed by atoms with van der Waals surface area (Å²) < 4.78 is 40.6. The van der Waals surface area contributed by atoms with Gasteiger partial charge < -0.3 is 5.11 Å². The lowest BCUT2D eigenvalue weighted by Gasteiger charge is -2.11. The number of sulfonamides is 1. The number of aliphatic hydroxyl groups is 1. The van der Waals surface area contributed by atoms with E-state index in [1.807, 2.05) is 0 Å². The Labute approximate surface area is 122 Å².